The summed E-state index contributed by atoms with van der Waals surface area (Å²) in [7, 11) is 0. The summed E-state index contributed by atoms with van der Waals surface area (Å²) in [5, 5.41) is 0. The highest BCUT2D eigenvalue weighted by Gasteiger charge is 2.43. The predicted molar refractivity (Wildman–Crippen MR) is 60.3 cm³/mol. The molecule has 0 aromatic heterocycles. The molecule has 0 amide bonds. The molecule has 1 aromatic carbocycles. The Hall–Kier alpha value is -1.02. The molecule has 1 fully saturated rings. The van der Waals surface area contributed by atoms with Crippen LogP contribution >= 0.6 is 0 Å². The van der Waals surface area contributed by atoms with Gasteiger partial charge in [0, 0.05) is 17.6 Å². The van der Waals surface area contributed by atoms with Gasteiger partial charge in [-0.25, -0.2) is 0 Å². The Kier molecular flexibility index (Phi) is 2.04. The lowest BCUT2D eigenvalue weighted by molar-refractivity contribution is 0.704. The lowest BCUT2D eigenvalue weighted by Crippen LogP contribution is -2.20. The molecule has 0 saturated heterocycles. The Morgan fingerprint density at radius 2 is 1.93 bits per heavy atom. The second kappa shape index (κ2) is 2.99. The number of anilines is 1. The average molecular weight is 190 g/mol. The van der Waals surface area contributed by atoms with Crippen molar-refractivity contribution in [3.05, 3.63) is 28.8 Å². The lowest BCUT2D eigenvalue weighted by atomic mass is 9.92. The Morgan fingerprint density at radius 1 is 1.29 bits per heavy atom. The van der Waals surface area contributed by atoms with Crippen LogP contribution in [0, 0.1) is 13.8 Å². The van der Waals surface area contributed by atoms with E-state index in [2.05, 4.69) is 26.0 Å². The van der Waals surface area contributed by atoms with E-state index < -0.39 is 0 Å². The first-order valence-corrected chi connectivity index (χ1v) is 5.16. The molecule has 4 N–H and O–H groups in total. The minimum absolute atomic E-state index is 0.257. The van der Waals surface area contributed by atoms with Crippen molar-refractivity contribution < 1.29 is 0 Å². The Labute approximate surface area is 85.3 Å². The molecule has 1 aliphatic carbocycles. The zero-order valence-corrected chi connectivity index (χ0v) is 8.93. The van der Waals surface area contributed by atoms with Crippen LogP contribution in [0.3, 0.4) is 0 Å². The first-order valence-electron chi connectivity index (χ1n) is 5.16. The van der Waals surface area contributed by atoms with Crippen molar-refractivity contribution in [2.75, 3.05) is 12.3 Å². The summed E-state index contributed by atoms with van der Waals surface area (Å²) in [6.07, 6.45) is 2.43. The molecule has 0 bridgehead atoms. The molecule has 0 spiro atoms. The molecule has 2 rings (SSSR count). The molecule has 0 aliphatic heterocycles. The normalized spacial score (nSPS) is 18.2. The Balaban J connectivity index is 2.46. The van der Waals surface area contributed by atoms with Gasteiger partial charge in [-0.05, 0) is 49.4 Å². The van der Waals surface area contributed by atoms with E-state index >= 15 is 0 Å². The fraction of sp³-hybridized carbons (Fsp3) is 0.500. The summed E-state index contributed by atoms with van der Waals surface area (Å²) >= 11 is 0. The summed E-state index contributed by atoms with van der Waals surface area (Å²) in [4.78, 5) is 0. The molecule has 1 aromatic rings. The van der Waals surface area contributed by atoms with Crippen molar-refractivity contribution in [2.24, 2.45) is 5.73 Å². The van der Waals surface area contributed by atoms with Gasteiger partial charge in [0.15, 0.2) is 0 Å². The molecule has 0 atom stereocenters. The highest BCUT2D eigenvalue weighted by molar-refractivity contribution is 5.55. The van der Waals surface area contributed by atoms with Gasteiger partial charge in [-0.3, -0.25) is 0 Å². The van der Waals surface area contributed by atoms with Crippen LogP contribution in [0.25, 0.3) is 0 Å². The predicted octanol–water partition coefficient (Wildman–Crippen LogP) is 1.88. The van der Waals surface area contributed by atoms with E-state index in [1.54, 1.807) is 0 Å². The number of aryl methyl sites for hydroxylation is 1. The third kappa shape index (κ3) is 1.30. The topological polar surface area (TPSA) is 52.0 Å². The maximum absolute atomic E-state index is 5.96. The van der Waals surface area contributed by atoms with Gasteiger partial charge in [0.2, 0.25) is 0 Å². The molecule has 1 saturated carbocycles. The summed E-state index contributed by atoms with van der Waals surface area (Å²) < 4.78 is 0. The Morgan fingerprint density at radius 3 is 2.36 bits per heavy atom. The fourth-order valence-corrected chi connectivity index (χ4v) is 1.95. The van der Waals surface area contributed by atoms with Crippen LogP contribution in [0.5, 0.6) is 0 Å². The van der Waals surface area contributed by atoms with E-state index in [0.29, 0.717) is 0 Å². The first kappa shape index (κ1) is 9.53. The van der Waals surface area contributed by atoms with Crippen LogP contribution in [0.15, 0.2) is 12.1 Å². The molecule has 0 unspecified atom stereocenters. The summed E-state index contributed by atoms with van der Waals surface area (Å²) in [6, 6.07) is 4.34. The number of nitrogens with two attached hydrogens (primary N) is 2. The smallest absolute Gasteiger partial charge is 0.0349 e. The number of hydrogen-bond acceptors (Lipinski definition) is 2. The van der Waals surface area contributed by atoms with E-state index in [0.717, 1.165) is 12.2 Å². The van der Waals surface area contributed by atoms with Crippen LogP contribution in [0.2, 0.25) is 0 Å². The average Bonchev–Trinajstić information content (AvgIpc) is 2.94. The monoisotopic (exact) mass is 190 g/mol. The SMILES string of the molecule is Cc1cc(C2(CN)CC2)cc(N)c1C. The first-order chi connectivity index (χ1) is 6.59. The van der Waals surface area contributed by atoms with Gasteiger partial charge in [-0.2, -0.15) is 0 Å². The summed E-state index contributed by atoms with van der Waals surface area (Å²) in [5.41, 5.74) is 16.7. The molecule has 76 valence electrons. The van der Waals surface area contributed by atoms with Crippen molar-refractivity contribution in [3.63, 3.8) is 0 Å². The van der Waals surface area contributed by atoms with Crippen molar-refractivity contribution >= 4 is 5.69 Å². The van der Waals surface area contributed by atoms with Crippen LogP contribution in [0.4, 0.5) is 5.69 Å². The number of benzene rings is 1. The van der Waals surface area contributed by atoms with Gasteiger partial charge in [0.1, 0.15) is 0 Å². The van der Waals surface area contributed by atoms with Crippen LogP contribution in [0.1, 0.15) is 29.5 Å². The third-order valence-corrected chi connectivity index (χ3v) is 3.56. The molecule has 0 heterocycles. The zero-order chi connectivity index (χ0) is 10.3. The van der Waals surface area contributed by atoms with Crippen molar-refractivity contribution in [1.29, 1.82) is 0 Å². The second-order valence-electron chi connectivity index (χ2n) is 4.49. The minimum atomic E-state index is 0.257. The van der Waals surface area contributed by atoms with Gasteiger partial charge in [-0.15, -0.1) is 0 Å². The van der Waals surface area contributed by atoms with Crippen LogP contribution < -0.4 is 11.5 Å². The molecule has 14 heavy (non-hydrogen) atoms. The molecular weight excluding hydrogens is 172 g/mol. The van der Waals surface area contributed by atoms with Gasteiger partial charge >= 0.3 is 0 Å². The quantitative estimate of drug-likeness (QED) is 0.699. The largest absolute Gasteiger partial charge is 0.398 e. The van der Waals surface area contributed by atoms with E-state index in [1.807, 2.05) is 0 Å². The number of hydrogen-bond donors (Lipinski definition) is 2. The van der Waals surface area contributed by atoms with Crippen molar-refractivity contribution in [1.82, 2.24) is 0 Å². The number of rotatable bonds is 2. The standard InChI is InChI=1S/C12H18N2/c1-8-5-10(6-11(14)9(8)2)12(7-13)3-4-12/h5-6H,3-4,7,13-14H2,1-2H3. The second-order valence-corrected chi connectivity index (χ2v) is 4.49. The van der Waals surface area contributed by atoms with Crippen molar-refractivity contribution in [3.8, 4) is 0 Å². The van der Waals surface area contributed by atoms with Gasteiger partial charge < -0.3 is 11.5 Å². The Bertz CT molecular complexity index is 342. The van der Waals surface area contributed by atoms with Crippen molar-refractivity contribution in [2.45, 2.75) is 32.1 Å². The molecule has 0 radical (unpaired) electrons. The molecule has 1 aliphatic rings. The molecular formula is C12H18N2. The van der Waals surface area contributed by atoms with Crippen LogP contribution in [-0.4, -0.2) is 6.54 Å². The molecule has 2 heteroatoms. The maximum atomic E-state index is 5.96. The van der Waals surface area contributed by atoms with E-state index in [1.165, 1.54) is 29.5 Å². The maximum Gasteiger partial charge on any atom is 0.0349 e. The van der Waals surface area contributed by atoms with Gasteiger partial charge in [0.05, 0.1) is 0 Å². The van der Waals surface area contributed by atoms with Gasteiger partial charge in [-0.1, -0.05) is 6.07 Å². The summed E-state index contributed by atoms with van der Waals surface area (Å²) in [5.74, 6) is 0. The molecule has 2 nitrogen and oxygen atoms in total. The lowest BCUT2D eigenvalue weighted by Gasteiger charge is -2.16. The number of nitrogen functional groups attached to an aromatic ring is 1. The zero-order valence-electron chi connectivity index (χ0n) is 8.93. The van der Waals surface area contributed by atoms with E-state index in [-0.39, 0.29) is 5.41 Å². The fourth-order valence-electron chi connectivity index (χ4n) is 1.95. The van der Waals surface area contributed by atoms with E-state index in [9.17, 15) is 0 Å². The highest BCUT2D eigenvalue weighted by atomic mass is 14.7. The van der Waals surface area contributed by atoms with Gasteiger partial charge in [0.25, 0.3) is 0 Å². The minimum Gasteiger partial charge on any atom is -0.398 e. The summed E-state index contributed by atoms with van der Waals surface area (Å²) in [6.45, 7) is 4.92. The van der Waals surface area contributed by atoms with Crippen LogP contribution in [-0.2, 0) is 5.41 Å². The highest BCUT2D eigenvalue weighted by Crippen LogP contribution is 2.48. The van der Waals surface area contributed by atoms with E-state index in [4.69, 9.17) is 11.5 Å². The third-order valence-electron chi connectivity index (χ3n) is 3.56.